The van der Waals surface area contributed by atoms with Gasteiger partial charge >= 0.3 is 0 Å². The van der Waals surface area contributed by atoms with Gasteiger partial charge in [0, 0.05) is 18.1 Å². The molecule has 0 aromatic carbocycles. The van der Waals surface area contributed by atoms with Gasteiger partial charge in [-0.15, -0.1) is 0 Å². The lowest BCUT2D eigenvalue weighted by Crippen LogP contribution is -2.54. The molecule has 2 aliphatic rings. The molecule has 0 spiro atoms. The van der Waals surface area contributed by atoms with E-state index in [0.717, 1.165) is 24.4 Å². The summed E-state index contributed by atoms with van der Waals surface area (Å²) in [6.45, 7) is 5.82. The van der Waals surface area contributed by atoms with Gasteiger partial charge in [-0.25, -0.2) is 0 Å². The molecule has 2 aliphatic carbocycles. The minimum Gasteiger partial charge on any atom is -0.324 e. The predicted octanol–water partition coefficient (Wildman–Crippen LogP) is 3.79. The Morgan fingerprint density at radius 1 is 1.16 bits per heavy atom. The largest absolute Gasteiger partial charge is 0.324 e. The number of hydrogen-bond acceptors (Lipinski definition) is 2. The van der Waals surface area contributed by atoms with E-state index >= 15 is 0 Å². The molecule has 0 radical (unpaired) electrons. The molecule has 2 saturated carbocycles. The summed E-state index contributed by atoms with van der Waals surface area (Å²) < 4.78 is 0. The highest BCUT2D eigenvalue weighted by atomic mass is 15.2. The zero-order valence-corrected chi connectivity index (χ0v) is 13.3. The molecule has 2 N–H and O–H groups in total. The van der Waals surface area contributed by atoms with Crippen LogP contribution in [-0.2, 0) is 0 Å². The average molecular weight is 266 g/mol. The van der Waals surface area contributed by atoms with Gasteiger partial charge in [0.15, 0.2) is 0 Å². The van der Waals surface area contributed by atoms with E-state index in [1.54, 1.807) is 0 Å². The van der Waals surface area contributed by atoms with E-state index in [0.29, 0.717) is 0 Å². The molecule has 112 valence electrons. The van der Waals surface area contributed by atoms with Crippen LogP contribution in [-0.4, -0.2) is 30.1 Å². The topological polar surface area (TPSA) is 29.3 Å². The van der Waals surface area contributed by atoms with Gasteiger partial charge in [0.25, 0.3) is 0 Å². The van der Waals surface area contributed by atoms with Crippen molar-refractivity contribution in [2.24, 2.45) is 17.6 Å². The lowest BCUT2D eigenvalue weighted by atomic mass is 9.76. The molecule has 19 heavy (non-hydrogen) atoms. The van der Waals surface area contributed by atoms with E-state index in [1.807, 2.05) is 0 Å². The fourth-order valence-corrected chi connectivity index (χ4v) is 4.46. The summed E-state index contributed by atoms with van der Waals surface area (Å²) in [5, 5.41) is 0. The Balaban J connectivity index is 1.82. The fraction of sp³-hybridized carbons (Fsp3) is 1.00. The SMILES string of the molecule is CCC1CCC(N(C)CC2(N)CCCC(C)C2)CC1. The standard InChI is InChI=1S/C17H34N2/c1-4-15-7-9-16(10-8-15)19(3)13-17(18)11-5-6-14(2)12-17/h14-16H,4-13,18H2,1-3H3. The molecule has 2 rings (SSSR count). The van der Waals surface area contributed by atoms with Crippen LogP contribution in [0.3, 0.4) is 0 Å². The van der Waals surface area contributed by atoms with Crippen molar-refractivity contribution in [1.29, 1.82) is 0 Å². The Hall–Kier alpha value is -0.0800. The van der Waals surface area contributed by atoms with Crippen molar-refractivity contribution < 1.29 is 0 Å². The first kappa shape index (κ1) is 15.3. The minimum atomic E-state index is 0.0913. The predicted molar refractivity (Wildman–Crippen MR) is 83.2 cm³/mol. The fourth-order valence-electron chi connectivity index (χ4n) is 4.46. The van der Waals surface area contributed by atoms with Crippen LogP contribution in [0.15, 0.2) is 0 Å². The summed E-state index contributed by atoms with van der Waals surface area (Å²) in [5.41, 5.74) is 6.76. The summed E-state index contributed by atoms with van der Waals surface area (Å²) in [5.74, 6) is 1.81. The molecule has 0 amide bonds. The third-order valence-electron chi connectivity index (χ3n) is 5.71. The molecule has 2 unspecified atom stereocenters. The highest BCUT2D eigenvalue weighted by Gasteiger charge is 2.34. The molecule has 0 bridgehead atoms. The first-order chi connectivity index (χ1) is 9.02. The van der Waals surface area contributed by atoms with Crippen LogP contribution in [0, 0.1) is 11.8 Å². The zero-order valence-electron chi connectivity index (χ0n) is 13.3. The van der Waals surface area contributed by atoms with Crippen molar-refractivity contribution in [3.8, 4) is 0 Å². The van der Waals surface area contributed by atoms with Gasteiger partial charge in [0.05, 0.1) is 0 Å². The maximum atomic E-state index is 6.67. The van der Waals surface area contributed by atoms with Crippen LogP contribution >= 0.6 is 0 Å². The van der Waals surface area contributed by atoms with Crippen LogP contribution in [0.4, 0.5) is 0 Å². The summed E-state index contributed by atoms with van der Waals surface area (Å²) in [6.07, 6.45) is 12.2. The van der Waals surface area contributed by atoms with Gasteiger partial charge in [-0.05, 0) is 57.4 Å². The van der Waals surface area contributed by atoms with Crippen molar-refractivity contribution >= 4 is 0 Å². The minimum absolute atomic E-state index is 0.0913. The Kier molecular flexibility index (Phi) is 5.30. The average Bonchev–Trinajstić information content (AvgIpc) is 2.38. The van der Waals surface area contributed by atoms with Gasteiger partial charge < -0.3 is 10.6 Å². The smallest absolute Gasteiger partial charge is 0.0285 e. The Morgan fingerprint density at radius 2 is 1.84 bits per heavy atom. The quantitative estimate of drug-likeness (QED) is 0.838. The van der Waals surface area contributed by atoms with Crippen molar-refractivity contribution in [2.45, 2.75) is 83.2 Å². The molecule has 0 heterocycles. The molecule has 2 atom stereocenters. The van der Waals surface area contributed by atoms with Crippen molar-refractivity contribution in [3.05, 3.63) is 0 Å². The van der Waals surface area contributed by atoms with Crippen molar-refractivity contribution in [1.82, 2.24) is 4.90 Å². The van der Waals surface area contributed by atoms with E-state index in [2.05, 4.69) is 25.8 Å². The Labute approximate surface area is 120 Å². The van der Waals surface area contributed by atoms with Crippen LogP contribution in [0.25, 0.3) is 0 Å². The first-order valence-electron chi connectivity index (χ1n) is 8.51. The second kappa shape index (κ2) is 6.58. The summed E-state index contributed by atoms with van der Waals surface area (Å²) in [6, 6.07) is 0.792. The zero-order chi connectivity index (χ0) is 13.9. The summed E-state index contributed by atoms with van der Waals surface area (Å²) >= 11 is 0. The van der Waals surface area contributed by atoms with Gasteiger partial charge in [-0.1, -0.05) is 33.1 Å². The van der Waals surface area contributed by atoms with Crippen molar-refractivity contribution in [3.63, 3.8) is 0 Å². The van der Waals surface area contributed by atoms with Crippen LogP contribution < -0.4 is 5.73 Å². The second-order valence-corrected chi connectivity index (χ2v) is 7.56. The number of rotatable bonds is 4. The highest BCUT2D eigenvalue weighted by molar-refractivity contribution is 4.93. The molecule has 0 saturated heterocycles. The van der Waals surface area contributed by atoms with E-state index in [4.69, 9.17) is 5.73 Å². The van der Waals surface area contributed by atoms with E-state index in [-0.39, 0.29) is 5.54 Å². The van der Waals surface area contributed by atoms with Gasteiger partial charge in [-0.3, -0.25) is 0 Å². The number of nitrogens with two attached hydrogens (primary N) is 1. The maximum Gasteiger partial charge on any atom is 0.0285 e. The Bertz CT molecular complexity index is 270. The number of nitrogens with zero attached hydrogens (tertiary/aromatic N) is 1. The Morgan fingerprint density at radius 3 is 2.42 bits per heavy atom. The van der Waals surface area contributed by atoms with Crippen LogP contribution in [0.2, 0.25) is 0 Å². The number of likely N-dealkylation sites (N-methyl/N-ethyl adjacent to an activating group) is 1. The molecule has 2 fully saturated rings. The van der Waals surface area contributed by atoms with E-state index in [9.17, 15) is 0 Å². The van der Waals surface area contributed by atoms with Gasteiger partial charge in [0.2, 0.25) is 0 Å². The van der Waals surface area contributed by atoms with Crippen LogP contribution in [0.1, 0.15) is 71.6 Å². The molecule has 0 aliphatic heterocycles. The van der Waals surface area contributed by atoms with E-state index in [1.165, 1.54) is 57.8 Å². The third-order valence-corrected chi connectivity index (χ3v) is 5.71. The normalized spacial score (nSPS) is 40.6. The maximum absolute atomic E-state index is 6.67. The van der Waals surface area contributed by atoms with E-state index < -0.39 is 0 Å². The summed E-state index contributed by atoms with van der Waals surface area (Å²) in [4.78, 5) is 2.59. The van der Waals surface area contributed by atoms with Crippen LogP contribution in [0.5, 0.6) is 0 Å². The molecular weight excluding hydrogens is 232 g/mol. The second-order valence-electron chi connectivity index (χ2n) is 7.56. The first-order valence-corrected chi connectivity index (χ1v) is 8.51. The summed E-state index contributed by atoms with van der Waals surface area (Å²) in [7, 11) is 2.31. The van der Waals surface area contributed by atoms with Crippen molar-refractivity contribution in [2.75, 3.05) is 13.6 Å². The molecular formula is C17H34N2. The molecule has 0 aromatic heterocycles. The van der Waals surface area contributed by atoms with Gasteiger partial charge in [0.1, 0.15) is 0 Å². The van der Waals surface area contributed by atoms with Gasteiger partial charge in [-0.2, -0.15) is 0 Å². The highest BCUT2D eigenvalue weighted by Crippen LogP contribution is 2.33. The molecule has 2 nitrogen and oxygen atoms in total. The molecule has 0 aromatic rings. The monoisotopic (exact) mass is 266 g/mol. The lowest BCUT2D eigenvalue weighted by Gasteiger charge is -2.43. The molecule has 2 heteroatoms. The third kappa shape index (κ3) is 4.19. The number of hydrogen-bond donors (Lipinski definition) is 1. The lowest BCUT2D eigenvalue weighted by molar-refractivity contribution is 0.108.